The Kier molecular flexibility index (Phi) is 6.82. The summed E-state index contributed by atoms with van der Waals surface area (Å²) < 4.78 is 8.38. The van der Waals surface area contributed by atoms with E-state index < -0.39 is 0 Å². The number of halogens is 1. The molecule has 0 unspecified atom stereocenters. The van der Waals surface area contributed by atoms with Crippen LogP contribution in [0.2, 0.25) is 0 Å². The van der Waals surface area contributed by atoms with Gasteiger partial charge in [0.1, 0.15) is 0 Å². The second-order valence-electron chi connectivity index (χ2n) is 8.43. The van der Waals surface area contributed by atoms with Gasteiger partial charge in [-0.25, -0.2) is 4.98 Å². The molecule has 1 fully saturated rings. The summed E-state index contributed by atoms with van der Waals surface area (Å²) in [4.78, 5) is 23.5. The molecule has 2 aromatic heterocycles. The highest BCUT2D eigenvalue weighted by molar-refractivity contribution is 9.10. The molecule has 0 atom stereocenters. The SMILES string of the molecule is O=C(NCc1ccc(-n2ccnc2)cc1)C1CCN(Cc2nc(-c3cccc(Br)c3)no2)CC1. The fourth-order valence-electron chi connectivity index (χ4n) is 4.14. The number of hydrogen-bond acceptors (Lipinski definition) is 6. The van der Waals surface area contributed by atoms with Crippen LogP contribution in [-0.2, 0) is 17.9 Å². The number of amides is 1. The van der Waals surface area contributed by atoms with Crippen molar-refractivity contribution < 1.29 is 9.32 Å². The van der Waals surface area contributed by atoms with Gasteiger partial charge in [-0.15, -0.1) is 0 Å². The van der Waals surface area contributed by atoms with E-state index in [1.807, 2.05) is 59.3 Å². The second kappa shape index (κ2) is 10.3. The number of hydrogen-bond donors (Lipinski definition) is 1. The molecule has 1 aliphatic heterocycles. The Labute approximate surface area is 206 Å². The summed E-state index contributed by atoms with van der Waals surface area (Å²) in [5.41, 5.74) is 3.04. The van der Waals surface area contributed by atoms with Crippen LogP contribution >= 0.6 is 15.9 Å². The lowest BCUT2D eigenvalue weighted by Crippen LogP contribution is -2.40. The zero-order valence-corrected chi connectivity index (χ0v) is 20.2. The molecule has 0 radical (unpaired) electrons. The molecule has 0 spiro atoms. The number of likely N-dealkylation sites (tertiary alicyclic amines) is 1. The molecule has 1 amide bonds. The summed E-state index contributed by atoms with van der Waals surface area (Å²) in [6, 6.07) is 16.0. The molecule has 5 rings (SSSR count). The van der Waals surface area contributed by atoms with Crippen molar-refractivity contribution in [1.29, 1.82) is 0 Å². The van der Waals surface area contributed by atoms with Crippen LogP contribution < -0.4 is 5.32 Å². The predicted molar refractivity (Wildman–Crippen MR) is 131 cm³/mol. The fraction of sp³-hybridized carbons (Fsp3) is 0.280. The Morgan fingerprint density at radius 1 is 1.15 bits per heavy atom. The number of carbonyl (C=O) groups excluding carboxylic acids is 1. The van der Waals surface area contributed by atoms with E-state index in [9.17, 15) is 4.79 Å². The fourth-order valence-corrected chi connectivity index (χ4v) is 4.54. The van der Waals surface area contributed by atoms with Gasteiger partial charge in [-0.2, -0.15) is 4.98 Å². The summed E-state index contributed by atoms with van der Waals surface area (Å²) in [6.45, 7) is 2.78. The van der Waals surface area contributed by atoms with Crippen molar-refractivity contribution in [2.45, 2.75) is 25.9 Å². The smallest absolute Gasteiger partial charge is 0.241 e. The van der Waals surface area contributed by atoms with Gasteiger partial charge in [-0.1, -0.05) is 45.4 Å². The number of nitrogens with zero attached hydrogens (tertiary/aromatic N) is 5. The summed E-state index contributed by atoms with van der Waals surface area (Å²) in [5.74, 6) is 1.33. The molecular formula is C25H25BrN6O2. The van der Waals surface area contributed by atoms with Crippen molar-refractivity contribution in [3.05, 3.63) is 83.2 Å². The zero-order chi connectivity index (χ0) is 23.3. The van der Waals surface area contributed by atoms with E-state index in [4.69, 9.17) is 4.52 Å². The van der Waals surface area contributed by atoms with Crippen molar-refractivity contribution in [2.75, 3.05) is 13.1 Å². The van der Waals surface area contributed by atoms with Gasteiger partial charge < -0.3 is 14.4 Å². The third-order valence-electron chi connectivity index (χ3n) is 6.07. The average molecular weight is 521 g/mol. The Balaban J connectivity index is 1.08. The van der Waals surface area contributed by atoms with Gasteiger partial charge in [0, 0.05) is 40.6 Å². The molecule has 9 heteroatoms. The molecule has 34 heavy (non-hydrogen) atoms. The number of rotatable bonds is 7. The highest BCUT2D eigenvalue weighted by atomic mass is 79.9. The Morgan fingerprint density at radius 2 is 1.97 bits per heavy atom. The molecule has 2 aromatic carbocycles. The Hall–Kier alpha value is -3.30. The molecule has 0 bridgehead atoms. The van der Waals surface area contributed by atoms with Crippen molar-refractivity contribution in [3.8, 4) is 17.1 Å². The molecule has 0 saturated carbocycles. The summed E-state index contributed by atoms with van der Waals surface area (Å²) in [7, 11) is 0. The summed E-state index contributed by atoms with van der Waals surface area (Å²) >= 11 is 3.47. The van der Waals surface area contributed by atoms with Crippen molar-refractivity contribution in [2.24, 2.45) is 5.92 Å². The minimum atomic E-state index is 0.0291. The van der Waals surface area contributed by atoms with Gasteiger partial charge in [-0.3, -0.25) is 9.69 Å². The molecule has 1 saturated heterocycles. The molecular weight excluding hydrogens is 496 g/mol. The highest BCUT2D eigenvalue weighted by Crippen LogP contribution is 2.22. The molecule has 0 aliphatic carbocycles. The minimum Gasteiger partial charge on any atom is -0.352 e. The highest BCUT2D eigenvalue weighted by Gasteiger charge is 2.26. The van der Waals surface area contributed by atoms with E-state index in [1.165, 1.54) is 0 Å². The van der Waals surface area contributed by atoms with E-state index in [-0.39, 0.29) is 11.8 Å². The van der Waals surface area contributed by atoms with E-state index in [2.05, 4.69) is 41.3 Å². The maximum Gasteiger partial charge on any atom is 0.241 e. The summed E-state index contributed by atoms with van der Waals surface area (Å²) in [5, 5.41) is 7.20. The molecule has 174 valence electrons. The van der Waals surface area contributed by atoms with Crippen molar-refractivity contribution >= 4 is 21.8 Å². The first kappa shape index (κ1) is 22.5. The van der Waals surface area contributed by atoms with Crippen molar-refractivity contribution in [1.82, 2.24) is 29.9 Å². The maximum absolute atomic E-state index is 12.7. The molecule has 8 nitrogen and oxygen atoms in total. The van der Waals surface area contributed by atoms with Crippen LogP contribution in [0.15, 0.2) is 76.2 Å². The lowest BCUT2D eigenvalue weighted by atomic mass is 9.96. The Bertz CT molecular complexity index is 1230. The van der Waals surface area contributed by atoms with Crippen LogP contribution in [0.1, 0.15) is 24.3 Å². The van der Waals surface area contributed by atoms with Gasteiger partial charge in [0.05, 0.1) is 12.9 Å². The maximum atomic E-state index is 12.7. The number of aromatic nitrogens is 4. The van der Waals surface area contributed by atoms with Crippen molar-refractivity contribution in [3.63, 3.8) is 0 Å². The normalized spacial score (nSPS) is 14.9. The zero-order valence-electron chi connectivity index (χ0n) is 18.6. The van der Waals surface area contributed by atoms with Gasteiger partial charge in [0.25, 0.3) is 0 Å². The van der Waals surface area contributed by atoms with E-state index >= 15 is 0 Å². The quantitative estimate of drug-likeness (QED) is 0.392. The van der Waals surface area contributed by atoms with Crippen LogP contribution in [-0.4, -0.2) is 43.6 Å². The molecule has 1 N–H and O–H groups in total. The van der Waals surface area contributed by atoms with E-state index in [1.54, 1.807) is 12.5 Å². The molecule has 3 heterocycles. The number of carbonyl (C=O) groups is 1. The largest absolute Gasteiger partial charge is 0.352 e. The second-order valence-corrected chi connectivity index (χ2v) is 9.34. The number of piperidine rings is 1. The first-order valence-corrected chi connectivity index (χ1v) is 12.1. The monoisotopic (exact) mass is 520 g/mol. The van der Waals surface area contributed by atoms with Gasteiger partial charge in [0.15, 0.2) is 0 Å². The molecule has 1 aliphatic rings. The predicted octanol–water partition coefficient (Wildman–Crippen LogP) is 4.21. The topological polar surface area (TPSA) is 89.1 Å². The number of imidazole rings is 1. The molecule has 4 aromatic rings. The first-order valence-electron chi connectivity index (χ1n) is 11.3. The third-order valence-corrected chi connectivity index (χ3v) is 6.57. The van der Waals surface area contributed by atoms with Crippen LogP contribution in [0.3, 0.4) is 0 Å². The third kappa shape index (κ3) is 5.43. The number of nitrogens with one attached hydrogen (secondary N) is 1. The van der Waals surface area contributed by atoms with Gasteiger partial charge >= 0.3 is 0 Å². The lowest BCUT2D eigenvalue weighted by Gasteiger charge is -2.30. The van der Waals surface area contributed by atoms with Gasteiger partial charge in [-0.05, 0) is 55.8 Å². The first-order chi connectivity index (χ1) is 16.6. The van der Waals surface area contributed by atoms with E-state index in [0.29, 0.717) is 24.8 Å². The standard InChI is InChI=1S/C25H25BrN6O2/c26-21-3-1-2-20(14-21)24-29-23(34-30-24)16-31-11-8-19(9-12-31)25(33)28-15-18-4-6-22(7-5-18)32-13-10-27-17-32/h1-7,10,13-14,17,19H,8-9,11-12,15-16H2,(H,28,33). The van der Waals surface area contributed by atoms with Crippen LogP contribution in [0.4, 0.5) is 0 Å². The lowest BCUT2D eigenvalue weighted by molar-refractivity contribution is -0.126. The summed E-state index contributed by atoms with van der Waals surface area (Å²) in [6.07, 6.45) is 7.06. The average Bonchev–Trinajstić information content (AvgIpc) is 3.56. The van der Waals surface area contributed by atoms with E-state index in [0.717, 1.165) is 47.2 Å². The van der Waals surface area contributed by atoms with Crippen LogP contribution in [0, 0.1) is 5.92 Å². The van der Waals surface area contributed by atoms with Crippen LogP contribution in [0.25, 0.3) is 17.1 Å². The van der Waals surface area contributed by atoms with Crippen LogP contribution in [0.5, 0.6) is 0 Å². The Morgan fingerprint density at radius 3 is 2.71 bits per heavy atom. The minimum absolute atomic E-state index is 0.0291. The van der Waals surface area contributed by atoms with Gasteiger partial charge in [0.2, 0.25) is 17.6 Å². The number of benzene rings is 2.